The van der Waals surface area contributed by atoms with E-state index in [1.807, 2.05) is 0 Å². The summed E-state index contributed by atoms with van der Waals surface area (Å²) in [7, 11) is -1.85. The van der Waals surface area contributed by atoms with Gasteiger partial charge >= 0.3 is 0 Å². The largest absolute Gasteiger partial charge is 0.508 e. The molecule has 17 heavy (non-hydrogen) atoms. The van der Waals surface area contributed by atoms with Crippen LogP contribution in [0.5, 0.6) is 5.75 Å². The number of aromatic hydroxyl groups is 1. The van der Waals surface area contributed by atoms with Crippen LogP contribution in [0.3, 0.4) is 0 Å². The molecule has 0 aromatic heterocycles. The van der Waals surface area contributed by atoms with Gasteiger partial charge in [-0.05, 0) is 24.2 Å². The van der Waals surface area contributed by atoms with Gasteiger partial charge in [-0.2, -0.15) is 0 Å². The molecule has 4 heteroatoms. The van der Waals surface area contributed by atoms with Crippen LogP contribution in [-0.2, 0) is 11.0 Å². The van der Waals surface area contributed by atoms with Gasteiger partial charge in [0.15, 0.2) is 8.32 Å². The Balaban J connectivity index is 2.74. The van der Waals surface area contributed by atoms with Gasteiger partial charge in [0.25, 0.3) is 0 Å². The lowest BCUT2D eigenvalue weighted by Gasteiger charge is -2.36. The van der Waals surface area contributed by atoms with Gasteiger partial charge < -0.3 is 9.53 Å². The standard InChI is InChI=1S/C13H21FO2Si/c1-13(2,3)17(4,5)16-9-10-6-7-11(15)8-12(10)14/h6-8,15H,9H2,1-5H3. The highest BCUT2D eigenvalue weighted by Gasteiger charge is 2.37. The highest BCUT2D eigenvalue weighted by molar-refractivity contribution is 6.74. The molecule has 0 heterocycles. The van der Waals surface area contributed by atoms with Gasteiger partial charge in [0.05, 0.1) is 6.61 Å². The second-order valence-electron chi connectivity index (χ2n) is 5.82. The fourth-order valence-corrected chi connectivity index (χ4v) is 2.08. The Labute approximate surface area is 104 Å². The quantitative estimate of drug-likeness (QED) is 0.827. The maximum atomic E-state index is 13.5. The summed E-state index contributed by atoms with van der Waals surface area (Å²) in [5.74, 6) is -0.470. The first kappa shape index (κ1) is 14.2. The van der Waals surface area contributed by atoms with E-state index in [0.717, 1.165) is 6.07 Å². The third-order valence-corrected chi connectivity index (χ3v) is 7.91. The minimum Gasteiger partial charge on any atom is -0.508 e. The molecule has 0 unspecified atom stereocenters. The van der Waals surface area contributed by atoms with Crippen LogP contribution in [0, 0.1) is 5.82 Å². The Morgan fingerprint density at radius 3 is 2.35 bits per heavy atom. The van der Waals surface area contributed by atoms with Gasteiger partial charge in [-0.25, -0.2) is 4.39 Å². The molecule has 2 nitrogen and oxygen atoms in total. The Bertz CT molecular complexity index is 397. The van der Waals surface area contributed by atoms with Crippen LogP contribution in [0.15, 0.2) is 18.2 Å². The minimum absolute atomic E-state index is 0.0569. The molecule has 1 rings (SSSR count). The van der Waals surface area contributed by atoms with Crippen molar-refractivity contribution in [3.8, 4) is 5.75 Å². The molecular weight excluding hydrogens is 235 g/mol. The van der Waals surface area contributed by atoms with E-state index in [9.17, 15) is 4.39 Å². The van der Waals surface area contributed by atoms with E-state index in [1.165, 1.54) is 6.07 Å². The van der Waals surface area contributed by atoms with E-state index >= 15 is 0 Å². The van der Waals surface area contributed by atoms with Crippen molar-refractivity contribution in [1.82, 2.24) is 0 Å². The second-order valence-corrected chi connectivity index (χ2v) is 10.6. The van der Waals surface area contributed by atoms with E-state index in [0.29, 0.717) is 5.56 Å². The van der Waals surface area contributed by atoms with Gasteiger partial charge in [-0.1, -0.05) is 26.8 Å². The molecular formula is C13H21FO2Si. The van der Waals surface area contributed by atoms with E-state index < -0.39 is 14.1 Å². The van der Waals surface area contributed by atoms with E-state index in [4.69, 9.17) is 9.53 Å². The number of rotatable bonds is 3. The summed E-state index contributed by atoms with van der Waals surface area (Å²) in [4.78, 5) is 0. The van der Waals surface area contributed by atoms with Gasteiger partial charge in [0.2, 0.25) is 0 Å². The average Bonchev–Trinajstić information content (AvgIpc) is 2.14. The molecule has 0 fully saturated rings. The van der Waals surface area contributed by atoms with Crippen molar-refractivity contribution in [1.29, 1.82) is 0 Å². The number of phenols is 1. The molecule has 0 aliphatic carbocycles. The smallest absolute Gasteiger partial charge is 0.192 e. The fraction of sp³-hybridized carbons (Fsp3) is 0.538. The maximum Gasteiger partial charge on any atom is 0.192 e. The number of phenolic OH excluding ortho intramolecular Hbond substituents is 1. The van der Waals surface area contributed by atoms with Crippen LogP contribution >= 0.6 is 0 Å². The normalized spacial score (nSPS) is 12.8. The Hall–Kier alpha value is -0.873. The molecule has 1 aromatic carbocycles. The lowest BCUT2D eigenvalue weighted by Crippen LogP contribution is -2.40. The molecule has 96 valence electrons. The second kappa shape index (κ2) is 4.78. The van der Waals surface area contributed by atoms with Crippen LogP contribution in [0.4, 0.5) is 4.39 Å². The maximum absolute atomic E-state index is 13.5. The Kier molecular flexibility index (Phi) is 3.99. The minimum atomic E-state index is -1.85. The van der Waals surface area contributed by atoms with Gasteiger partial charge in [0.1, 0.15) is 11.6 Å². The molecule has 0 aliphatic rings. The first-order chi connectivity index (χ1) is 7.63. The summed E-state index contributed by atoms with van der Waals surface area (Å²) in [6.45, 7) is 11.0. The first-order valence-electron chi connectivity index (χ1n) is 5.75. The molecule has 0 bridgehead atoms. The summed E-state index contributed by atoms with van der Waals surface area (Å²) in [6.07, 6.45) is 0. The lowest BCUT2D eigenvalue weighted by atomic mass is 10.2. The van der Waals surface area contributed by atoms with Crippen molar-refractivity contribution in [2.24, 2.45) is 0 Å². The summed E-state index contributed by atoms with van der Waals surface area (Å²) in [5.41, 5.74) is 0.493. The third kappa shape index (κ3) is 3.54. The fourth-order valence-electron chi connectivity index (χ4n) is 1.13. The zero-order chi connectivity index (χ0) is 13.3. The molecule has 0 spiro atoms. The SMILES string of the molecule is CC(C)(C)[Si](C)(C)OCc1ccc(O)cc1F. The molecule has 0 saturated heterocycles. The van der Waals surface area contributed by atoms with E-state index in [-0.39, 0.29) is 17.4 Å². The molecule has 0 radical (unpaired) electrons. The molecule has 0 saturated carbocycles. The Morgan fingerprint density at radius 1 is 1.29 bits per heavy atom. The topological polar surface area (TPSA) is 29.5 Å². The average molecular weight is 256 g/mol. The van der Waals surface area contributed by atoms with Crippen LogP contribution in [0.2, 0.25) is 18.1 Å². The summed E-state index contributed by atoms with van der Waals surface area (Å²) < 4.78 is 19.4. The highest BCUT2D eigenvalue weighted by atomic mass is 28.4. The number of hydrogen-bond donors (Lipinski definition) is 1. The monoisotopic (exact) mass is 256 g/mol. The molecule has 0 aliphatic heterocycles. The van der Waals surface area contributed by atoms with Crippen molar-refractivity contribution < 1.29 is 13.9 Å². The zero-order valence-electron chi connectivity index (χ0n) is 11.2. The van der Waals surface area contributed by atoms with Crippen molar-refractivity contribution in [3.63, 3.8) is 0 Å². The van der Waals surface area contributed by atoms with Crippen molar-refractivity contribution in [3.05, 3.63) is 29.6 Å². The first-order valence-corrected chi connectivity index (χ1v) is 8.66. The van der Waals surface area contributed by atoms with E-state index in [2.05, 4.69) is 33.9 Å². The van der Waals surface area contributed by atoms with Crippen LogP contribution in [0.25, 0.3) is 0 Å². The highest BCUT2D eigenvalue weighted by Crippen LogP contribution is 2.37. The number of halogens is 1. The molecule has 1 aromatic rings. The van der Waals surface area contributed by atoms with E-state index in [1.54, 1.807) is 6.07 Å². The molecule has 0 amide bonds. The zero-order valence-corrected chi connectivity index (χ0v) is 12.2. The van der Waals surface area contributed by atoms with Crippen LogP contribution in [-0.4, -0.2) is 13.4 Å². The summed E-state index contributed by atoms with van der Waals surface area (Å²) in [5, 5.41) is 9.23. The van der Waals surface area contributed by atoms with Crippen molar-refractivity contribution in [2.75, 3.05) is 0 Å². The van der Waals surface area contributed by atoms with Gasteiger partial charge in [-0.15, -0.1) is 0 Å². The van der Waals surface area contributed by atoms with Crippen molar-refractivity contribution in [2.45, 2.75) is 45.5 Å². The van der Waals surface area contributed by atoms with Crippen molar-refractivity contribution >= 4 is 8.32 Å². The van der Waals surface area contributed by atoms with Crippen LogP contribution < -0.4 is 0 Å². The number of hydrogen-bond acceptors (Lipinski definition) is 2. The number of benzene rings is 1. The van der Waals surface area contributed by atoms with Gasteiger partial charge in [0, 0.05) is 11.6 Å². The predicted molar refractivity (Wildman–Crippen MR) is 70.1 cm³/mol. The summed E-state index contributed by atoms with van der Waals surface area (Å²) >= 11 is 0. The Morgan fingerprint density at radius 2 is 1.88 bits per heavy atom. The predicted octanol–water partition coefficient (Wildman–Crippen LogP) is 4.05. The lowest BCUT2D eigenvalue weighted by molar-refractivity contribution is 0.271. The van der Waals surface area contributed by atoms with Crippen LogP contribution in [0.1, 0.15) is 26.3 Å². The summed E-state index contributed by atoms with van der Waals surface area (Å²) in [6, 6.07) is 4.16. The third-order valence-electron chi connectivity index (χ3n) is 3.43. The van der Waals surface area contributed by atoms with Gasteiger partial charge in [-0.3, -0.25) is 0 Å². The molecule has 1 N–H and O–H groups in total. The molecule has 0 atom stereocenters.